The van der Waals surface area contributed by atoms with E-state index in [0.717, 1.165) is 32.5 Å². The van der Waals surface area contributed by atoms with E-state index in [2.05, 4.69) is 15.5 Å². The summed E-state index contributed by atoms with van der Waals surface area (Å²) in [5.41, 5.74) is 3.17. The summed E-state index contributed by atoms with van der Waals surface area (Å²) < 4.78 is 1.76. The number of anilines is 1. The predicted molar refractivity (Wildman–Crippen MR) is 122 cm³/mol. The Bertz CT molecular complexity index is 1320. The quantitative estimate of drug-likeness (QED) is 0.388. The molecule has 0 radical (unpaired) electrons. The summed E-state index contributed by atoms with van der Waals surface area (Å²) in [5.74, 6) is 0.559. The van der Waals surface area contributed by atoms with E-state index < -0.39 is 0 Å². The maximum absolute atomic E-state index is 12.1. The normalized spacial score (nSPS) is 11.3. The molecule has 1 amide bonds. The molecule has 30 heavy (non-hydrogen) atoms. The number of thiophene rings is 2. The first kappa shape index (κ1) is 18.4. The van der Waals surface area contributed by atoms with Gasteiger partial charge in [-0.1, -0.05) is 24.3 Å². The number of carbonyl (C=O) groups excluding carboxylic acids is 1. The Kier molecular flexibility index (Phi) is 4.92. The Morgan fingerprint density at radius 3 is 2.53 bits per heavy atom. The zero-order valence-electron chi connectivity index (χ0n) is 15.6. The average molecular weight is 430 g/mol. The van der Waals surface area contributed by atoms with Gasteiger partial charge in [0.2, 0.25) is 5.91 Å². The zero-order chi connectivity index (χ0) is 20.3. The van der Waals surface area contributed by atoms with Crippen molar-refractivity contribution in [3.63, 3.8) is 0 Å². The molecule has 146 valence electrons. The number of carbonyl (C=O) groups is 1. The van der Waals surface area contributed by atoms with E-state index in [9.17, 15) is 4.79 Å². The summed E-state index contributed by atoms with van der Waals surface area (Å²) in [4.78, 5) is 14.2. The second kappa shape index (κ2) is 8.02. The Morgan fingerprint density at radius 2 is 1.77 bits per heavy atom. The molecule has 8 heteroatoms. The second-order valence-electron chi connectivity index (χ2n) is 6.40. The highest BCUT2D eigenvalue weighted by atomic mass is 32.1. The Hall–Kier alpha value is -3.62. The minimum atomic E-state index is -0.166. The monoisotopic (exact) mass is 429 g/mol. The van der Waals surface area contributed by atoms with Crippen LogP contribution in [0.15, 0.2) is 77.5 Å². The minimum absolute atomic E-state index is 0.166. The molecule has 6 nitrogen and oxygen atoms in total. The van der Waals surface area contributed by atoms with Gasteiger partial charge < -0.3 is 5.32 Å². The number of hydrogen-bond acceptors (Lipinski definition) is 6. The lowest BCUT2D eigenvalue weighted by atomic mass is 10.1. The predicted octanol–water partition coefficient (Wildman–Crippen LogP) is 5.23. The van der Waals surface area contributed by atoms with Gasteiger partial charge in [-0.25, -0.2) is 0 Å². The molecule has 5 rings (SSSR count). The molecule has 0 saturated heterocycles. The first-order chi connectivity index (χ1) is 14.8. The number of aromatic nitrogens is 4. The van der Waals surface area contributed by atoms with Crippen LogP contribution in [0.3, 0.4) is 0 Å². The van der Waals surface area contributed by atoms with E-state index in [1.54, 1.807) is 33.3 Å². The number of amides is 1. The van der Waals surface area contributed by atoms with Gasteiger partial charge in [-0.3, -0.25) is 4.79 Å². The van der Waals surface area contributed by atoms with Crippen molar-refractivity contribution in [1.82, 2.24) is 19.8 Å². The topological polar surface area (TPSA) is 72.2 Å². The fraction of sp³-hybridized carbons (Fsp3) is 0. The van der Waals surface area contributed by atoms with Crippen LogP contribution in [-0.4, -0.2) is 25.7 Å². The van der Waals surface area contributed by atoms with Crippen molar-refractivity contribution in [2.75, 3.05) is 5.32 Å². The smallest absolute Gasteiger partial charge is 0.248 e. The van der Waals surface area contributed by atoms with Gasteiger partial charge in [0.25, 0.3) is 0 Å². The molecule has 1 N–H and O–H groups in total. The minimum Gasteiger partial charge on any atom is -0.323 e. The molecule has 0 fully saturated rings. The van der Waals surface area contributed by atoms with E-state index in [1.807, 2.05) is 71.4 Å². The van der Waals surface area contributed by atoms with Gasteiger partial charge in [0.05, 0.1) is 10.6 Å². The van der Waals surface area contributed by atoms with Crippen LogP contribution < -0.4 is 5.32 Å². The molecular weight excluding hydrogens is 414 g/mol. The lowest BCUT2D eigenvalue weighted by Gasteiger charge is -2.05. The standard InChI is InChI=1S/C22H15N5OS2/c28-21(12-9-17-3-1-13-29-17)23-16-7-5-15(6-8-16)18-10-11-20-24-25-22(27(20)26-18)19-4-2-14-30-19/h1-14H,(H,23,28)/b12-9+. The number of nitrogens with zero attached hydrogens (tertiary/aromatic N) is 4. The van der Waals surface area contributed by atoms with Crippen molar-refractivity contribution in [3.05, 3.63) is 82.4 Å². The summed E-state index contributed by atoms with van der Waals surface area (Å²) in [6.07, 6.45) is 3.34. The van der Waals surface area contributed by atoms with Gasteiger partial charge in [0.15, 0.2) is 11.5 Å². The van der Waals surface area contributed by atoms with Gasteiger partial charge in [0.1, 0.15) is 0 Å². The second-order valence-corrected chi connectivity index (χ2v) is 8.33. The first-order valence-electron chi connectivity index (χ1n) is 9.16. The summed E-state index contributed by atoms with van der Waals surface area (Å²) >= 11 is 3.19. The lowest BCUT2D eigenvalue weighted by molar-refractivity contribution is -0.111. The summed E-state index contributed by atoms with van der Waals surface area (Å²) in [7, 11) is 0. The third-order valence-electron chi connectivity index (χ3n) is 4.39. The van der Waals surface area contributed by atoms with Gasteiger partial charge in [0, 0.05) is 22.2 Å². The first-order valence-corrected chi connectivity index (χ1v) is 10.9. The van der Waals surface area contributed by atoms with Crippen LogP contribution in [-0.2, 0) is 4.79 Å². The van der Waals surface area contributed by atoms with Crippen molar-refractivity contribution >= 4 is 46.0 Å². The highest BCUT2D eigenvalue weighted by Gasteiger charge is 2.11. The Balaban J connectivity index is 1.35. The molecule has 0 spiro atoms. The van der Waals surface area contributed by atoms with Crippen LogP contribution in [0, 0.1) is 0 Å². The van der Waals surface area contributed by atoms with Crippen LogP contribution in [0.5, 0.6) is 0 Å². The number of nitrogens with one attached hydrogen (secondary N) is 1. The number of benzene rings is 1. The summed E-state index contributed by atoms with van der Waals surface area (Å²) in [6, 6.07) is 19.3. The van der Waals surface area contributed by atoms with Crippen molar-refractivity contribution in [2.24, 2.45) is 0 Å². The molecule has 0 aliphatic rings. The molecule has 0 aliphatic heterocycles. The summed E-state index contributed by atoms with van der Waals surface area (Å²) in [6.45, 7) is 0. The molecule has 0 atom stereocenters. The fourth-order valence-electron chi connectivity index (χ4n) is 2.95. The summed E-state index contributed by atoms with van der Waals surface area (Å²) in [5, 5.41) is 20.0. The number of rotatable bonds is 5. The van der Waals surface area contributed by atoms with E-state index >= 15 is 0 Å². The fourth-order valence-corrected chi connectivity index (χ4v) is 4.27. The molecular formula is C22H15N5OS2. The van der Waals surface area contributed by atoms with Gasteiger partial charge in [-0.15, -0.1) is 32.9 Å². The molecule has 5 aromatic rings. The lowest BCUT2D eigenvalue weighted by Crippen LogP contribution is -2.07. The molecule has 0 saturated carbocycles. The van der Waals surface area contributed by atoms with Crippen molar-refractivity contribution in [1.29, 1.82) is 0 Å². The highest BCUT2D eigenvalue weighted by Crippen LogP contribution is 2.25. The molecule has 4 aromatic heterocycles. The molecule has 0 bridgehead atoms. The number of fused-ring (bicyclic) bond motifs is 1. The van der Waals surface area contributed by atoms with Gasteiger partial charge >= 0.3 is 0 Å². The third-order valence-corrected chi connectivity index (χ3v) is 6.10. The van der Waals surface area contributed by atoms with E-state index in [-0.39, 0.29) is 5.91 Å². The highest BCUT2D eigenvalue weighted by molar-refractivity contribution is 7.13. The number of hydrogen-bond donors (Lipinski definition) is 1. The Labute approximate surface area is 180 Å². The molecule has 1 aromatic carbocycles. The van der Waals surface area contributed by atoms with Crippen LogP contribution in [0.25, 0.3) is 33.7 Å². The molecule has 0 unspecified atom stereocenters. The van der Waals surface area contributed by atoms with Crippen LogP contribution in [0.2, 0.25) is 0 Å². The molecule has 4 heterocycles. The van der Waals surface area contributed by atoms with Crippen molar-refractivity contribution in [3.8, 4) is 22.0 Å². The van der Waals surface area contributed by atoms with Crippen LogP contribution in [0.4, 0.5) is 5.69 Å². The third kappa shape index (κ3) is 3.78. The van der Waals surface area contributed by atoms with Crippen molar-refractivity contribution in [2.45, 2.75) is 0 Å². The van der Waals surface area contributed by atoms with Crippen molar-refractivity contribution < 1.29 is 4.79 Å². The largest absolute Gasteiger partial charge is 0.323 e. The maximum Gasteiger partial charge on any atom is 0.248 e. The van der Waals surface area contributed by atoms with E-state index in [4.69, 9.17) is 5.10 Å². The van der Waals surface area contributed by atoms with Gasteiger partial charge in [-0.05, 0) is 53.2 Å². The van der Waals surface area contributed by atoms with Crippen LogP contribution >= 0.6 is 22.7 Å². The van der Waals surface area contributed by atoms with E-state index in [0.29, 0.717) is 5.65 Å². The zero-order valence-corrected chi connectivity index (χ0v) is 17.2. The maximum atomic E-state index is 12.1. The van der Waals surface area contributed by atoms with Crippen LogP contribution in [0.1, 0.15) is 4.88 Å². The van der Waals surface area contributed by atoms with E-state index in [1.165, 1.54) is 6.08 Å². The SMILES string of the molecule is O=C(/C=C/c1cccs1)Nc1ccc(-c2ccc3nnc(-c4cccs4)n3n2)cc1. The Morgan fingerprint density at radius 1 is 0.933 bits per heavy atom. The molecule has 0 aliphatic carbocycles. The average Bonchev–Trinajstić information content (AvgIpc) is 3.54. The van der Waals surface area contributed by atoms with Gasteiger partial charge in [-0.2, -0.15) is 9.61 Å².